The molecule has 1 nitrogen and oxygen atoms in total. The molecule has 15 rings (SSSR count). The van der Waals surface area contributed by atoms with Crippen LogP contribution in [-0.4, -0.2) is 0 Å². The molecular weight excluding hydrogens is 785 g/mol. The maximum Gasteiger partial charge on any atom is 0.135 e. The third-order valence-electron chi connectivity index (χ3n) is 14.5. The molecule has 298 valence electrons. The second-order valence-electron chi connectivity index (χ2n) is 17.9. The Morgan fingerprint density at radius 3 is 1.31 bits per heavy atom. The van der Waals surface area contributed by atoms with Crippen LogP contribution < -0.4 is 0 Å². The average molecular weight is 821 g/mol. The van der Waals surface area contributed by atoms with E-state index in [9.17, 15) is 0 Å². The van der Waals surface area contributed by atoms with Gasteiger partial charge in [0.05, 0.1) is 0 Å². The van der Waals surface area contributed by atoms with E-state index in [0.717, 1.165) is 27.5 Å². The molecular formula is C64H36O. The van der Waals surface area contributed by atoms with Gasteiger partial charge in [0.1, 0.15) is 11.2 Å². The van der Waals surface area contributed by atoms with Crippen molar-refractivity contribution in [3.05, 3.63) is 218 Å². The Labute approximate surface area is 373 Å². The van der Waals surface area contributed by atoms with Crippen LogP contribution in [0.3, 0.4) is 0 Å². The predicted molar refractivity (Wildman–Crippen MR) is 278 cm³/mol. The van der Waals surface area contributed by atoms with Gasteiger partial charge in [-0.05, 0) is 167 Å². The SMILES string of the molecule is c1ccc2cc(-c3ccc4ccc5cccc6ccc3c4c56)c(-c3cc(-c4ccc5ccc6cccc7ccc4c5c67)c(-c4ccc5oc6ccccc6c5c4)c4ccccc34)cc2c1. The maximum absolute atomic E-state index is 6.40. The lowest BCUT2D eigenvalue weighted by Crippen LogP contribution is -1.95. The highest BCUT2D eigenvalue weighted by molar-refractivity contribution is 6.28. The van der Waals surface area contributed by atoms with Crippen LogP contribution in [0.2, 0.25) is 0 Å². The molecule has 0 saturated heterocycles. The van der Waals surface area contributed by atoms with Crippen molar-refractivity contribution in [3.8, 4) is 44.5 Å². The summed E-state index contributed by atoms with van der Waals surface area (Å²) in [5.41, 5.74) is 11.5. The van der Waals surface area contributed by atoms with Crippen LogP contribution in [0.4, 0.5) is 0 Å². The fourth-order valence-corrected chi connectivity index (χ4v) is 11.6. The molecule has 0 unspecified atom stereocenters. The Kier molecular flexibility index (Phi) is 7.01. The molecule has 0 atom stereocenters. The molecule has 1 aromatic heterocycles. The Morgan fingerprint density at radius 1 is 0.215 bits per heavy atom. The van der Waals surface area contributed by atoms with Crippen LogP contribution >= 0.6 is 0 Å². The van der Waals surface area contributed by atoms with E-state index >= 15 is 0 Å². The van der Waals surface area contributed by atoms with Gasteiger partial charge < -0.3 is 4.42 Å². The minimum atomic E-state index is 0.897. The highest BCUT2D eigenvalue weighted by Gasteiger charge is 2.23. The quantitative estimate of drug-likeness (QED) is 0.161. The zero-order chi connectivity index (χ0) is 42.3. The molecule has 0 saturated carbocycles. The van der Waals surface area contributed by atoms with Crippen molar-refractivity contribution >= 4 is 108 Å². The fourth-order valence-electron chi connectivity index (χ4n) is 11.6. The average Bonchev–Trinajstić information content (AvgIpc) is 3.74. The molecule has 15 aromatic rings. The van der Waals surface area contributed by atoms with Gasteiger partial charge in [0, 0.05) is 10.8 Å². The van der Waals surface area contributed by atoms with Gasteiger partial charge >= 0.3 is 0 Å². The van der Waals surface area contributed by atoms with Crippen molar-refractivity contribution in [2.24, 2.45) is 0 Å². The number of fused-ring (bicyclic) bond motifs is 5. The lowest BCUT2D eigenvalue weighted by molar-refractivity contribution is 0.669. The third kappa shape index (κ3) is 4.93. The van der Waals surface area contributed by atoms with Gasteiger partial charge in [-0.1, -0.05) is 182 Å². The van der Waals surface area contributed by atoms with E-state index in [1.165, 1.54) is 125 Å². The first-order valence-corrected chi connectivity index (χ1v) is 22.6. The first-order chi connectivity index (χ1) is 32.2. The molecule has 1 heterocycles. The molecule has 0 N–H and O–H groups in total. The summed E-state index contributed by atoms with van der Waals surface area (Å²) < 4.78 is 6.40. The lowest BCUT2D eigenvalue weighted by Gasteiger charge is -2.22. The topological polar surface area (TPSA) is 13.1 Å². The second-order valence-corrected chi connectivity index (χ2v) is 17.9. The number of para-hydroxylation sites is 1. The first kappa shape index (κ1) is 35.0. The van der Waals surface area contributed by atoms with Crippen LogP contribution in [0.25, 0.3) is 153 Å². The Morgan fingerprint density at radius 2 is 0.677 bits per heavy atom. The minimum Gasteiger partial charge on any atom is -0.456 e. The van der Waals surface area contributed by atoms with Crippen molar-refractivity contribution in [3.63, 3.8) is 0 Å². The molecule has 14 aromatic carbocycles. The molecule has 1 heteroatoms. The molecule has 0 radical (unpaired) electrons. The summed E-state index contributed by atoms with van der Waals surface area (Å²) in [7, 11) is 0. The number of benzene rings is 14. The third-order valence-corrected chi connectivity index (χ3v) is 14.5. The van der Waals surface area contributed by atoms with E-state index in [2.05, 4.69) is 212 Å². The zero-order valence-corrected chi connectivity index (χ0v) is 35.2. The molecule has 0 spiro atoms. The number of furan rings is 1. The summed E-state index contributed by atoms with van der Waals surface area (Å²) in [6.07, 6.45) is 0. The molecule has 0 bridgehead atoms. The smallest absolute Gasteiger partial charge is 0.135 e. The predicted octanol–water partition coefficient (Wildman–Crippen LogP) is 18.4. The lowest BCUT2D eigenvalue weighted by atomic mass is 9.81. The van der Waals surface area contributed by atoms with E-state index in [1.807, 2.05) is 6.07 Å². The Bertz CT molecular complexity index is 4440. The van der Waals surface area contributed by atoms with Crippen molar-refractivity contribution < 1.29 is 4.42 Å². The molecule has 0 amide bonds. The van der Waals surface area contributed by atoms with Crippen molar-refractivity contribution in [2.75, 3.05) is 0 Å². The van der Waals surface area contributed by atoms with Gasteiger partial charge in [0.25, 0.3) is 0 Å². The zero-order valence-electron chi connectivity index (χ0n) is 35.2. The van der Waals surface area contributed by atoms with Crippen LogP contribution in [0, 0.1) is 0 Å². The summed E-state index contributed by atoms with van der Waals surface area (Å²) in [6.45, 7) is 0. The fraction of sp³-hybridized carbons (Fsp3) is 0. The normalized spacial score (nSPS) is 12.3. The maximum atomic E-state index is 6.40. The number of hydrogen-bond donors (Lipinski definition) is 0. The highest BCUT2D eigenvalue weighted by atomic mass is 16.3. The number of rotatable bonds is 4. The summed E-state index contributed by atoms with van der Waals surface area (Å²) in [4.78, 5) is 0. The summed E-state index contributed by atoms with van der Waals surface area (Å²) in [5, 5.41) is 22.6. The van der Waals surface area contributed by atoms with Gasteiger partial charge in [-0.2, -0.15) is 0 Å². The van der Waals surface area contributed by atoms with E-state index in [-0.39, 0.29) is 0 Å². The molecule has 0 aliphatic rings. The Balaban J connectivity index is 1.09. The van der Waals surface area contributed by atoms with E-state index in [0.29, 0.717) is 0 Å². The van der Waals surface area contributed by atoms with Crippen LogP contribution in [-0.2, 0) is 0 Å². The molecule has 0 aliphatic carbocycles. The van der Waals surface area contributed by atoms with Gasteiger partial charge in [0.15, 0.2) is 0 Å². The van der Waals surface area contributed by atoms with Crippen LogP contribution in [0.5, 0.6) is 0 Å². The summed E-state index contributed by atoms with van der Waals surface area (Å²) in [6, 6.07) is 81.7. The number of hydrogen-bond acceptors (Lipinski definition) is 1. The van der Waals surface area contributed by atoms with E-state index < -0.39 is 0 Å². The van der Waals surface area contributed by atoms with Crippen molar-refractivity contribution in [1.29, 1.82) is 0 Å². The monoisotopic (exact) mass is 820 g/mol. The highest BCUT2D eigenvalue weighted by Crippen LogP contribution is 2.50. The van der Waals surface area contributed by atoms with Gasteiger partial charge in [-0.15, -0.1) is 0 Å². The van der Waals surface area contributed by atoms with Crippen LogP contribution in [0.1, 0.15) is 0 Å². The molecule has 0 fully saturated rings. The van der Waals surface area contributed by atoms with E-state index in [4.69, 9.17) is 4.42 Å². The van der Waals surface area contributed by atoms with Gasteiger partial charge in [-0.3, -0.25) is 0 Å². The summed E-state index contributed by atoms with van der Waals surface area (Å²) >= 11 is 0. The van der Waals surface area contributed by atoms with Crippen molar-refractivity contribution in [1.82, 2.24) is 0 Å². The standard InChI is InChI=1S/C64H36O/c1-2-10-44-34-54(53(33-43(44)9-1)47-28-23-41-21-19-37-11-7-13-39-25-30-51(47)63(41)60(37)39)55-36-57(48-29-24-42-22-20-38-12-8-14-40-26-31-52(48)64(42)61(38)40)62(50-17-4-3-15-46(50)55)45-27-32-59-56(35-45)49-16-5-6-18-58(49)65-59/h1-36H. The molecule has 65 heavy (non-hydrogen) atoms. The van der Waals surface area contributed by atoms with E-state index in [1.54, 1.807) is 0 Å². The second kappa shape index (κ2) is 13.0. The van der Waals surface area contributed by atoms with Crippen LogP contribution in [0.15, 0.2) is 223 Å². The molecule has 0 aliphatic heterocycles. The Hall–Kier alpha value is -8.52. The largest absolute Gasteiger partial charge is 0.456 e. The van der Waals surface area contributed by atoms with Gasteiger partial charge in [-0.25, -0.2) is 0 Å². The minimum absolute atomic E-state index is 0.897. The van der Waals surface area contributed by atoms with Crippen molar-refractivity contribution in [2.45, 2.75) is 0 Å². The van der Waals surface area contributed by atoms with Gasteiger partial charge in [0.2, 0.25) is 0 Å². The first-order valence-electron chi connectivity index (χ1n) is 22.6. The summed E-state index contributed by atoms with van der Waals surface area (Å²) in [5.74, 6) is 0.